The fraction of sp³-hybridized carbons (Fsp3) is 0.634. The standard InChI is InChI=1S/C13H20O2.C10H16.C8H10O4.2C5H8O2/c1-5-11(14)15-10-8-9-6-7-13(10,4)12(9,2)3;1-2-9-7-4-5-8(6-7)10(9)3-1;1-3-7(9)11-5-6-12-8(10)4-2;2*1-3-5(6)7-4-2/h5,9-10H,1,6-8H2,2-4H3;7-10H,1-6H2;3-4H,1-2,5-6H2;2*3H,1,4H2,2H3. The van der Waals surface area contributed by atoms with Crippen LogP contribution in [-0.4, -0.2) is 62.4 Å². The summed E-state index contributed by atoms with van der Waals surface area (Å²) in [6, 6.07) is 0. The number of hydrogen-bond acceptors (Lipinski definition) is 10. The first kappa shape index (κ1) is 45.1. The van der Waals surface area contributed by atoms with Crippen molar-refractivity contribution in [1.82, 2.24) is 0 Å². The second-order valence-electron chi connectivity index (χ2n) is 14.0. The third-order valence-corrected chi connectivity index (χ3v) is 11.3. The minimum atomic E-state index is -0.537. The van der Waals surface area contributed by atoms with Gasteiger partial charge in [0.1, 0.15) is 19.3 Å². The molecule has 0 N–H and O–H groups in total. The zero-order chi connectivity index (χ0) is 38.6. The van der Waals surface area contributed by atoms with Crippen LogP contribution >= 0.6 is 0 Å². The van der Waals surface area contributed by atoms with Gasteiger partial charge in [-0.3, -0.25) is 0 Å². The van der Waals surface area contributed by atoms with E-state index in [1.807, 2.05) is 0 Å². The predicted octanol–water partition coefficient (Wildman–Crippen LogP) is 7.68. The van der Waals surface area contributed by atoms with E-state index < -0.39 is 11.9 Å². The van der Waals surface area contributed by atoms with Crippen LogP contribution < -0.4 is 0 Å². The van der Waals surface area contributed by atoms with Crippen molar-refractivity contribution in [3.63, 3.8) is 0 Å². The van der Waals surface area contributed by atoms with E-state index in [9.17, 15) is 24.0 Å². The average molecular weight is 715 g/mol. The molecule has 0 aliphatic heterocycles. The smallest absolute Gasteiger partial charge is 0.330 e. The Morgan fingerprint density at radius 1 is 0.588 bits per heavy atom. The summed E-state index contributed by atoms with van der Waals surface area (Å²) in [6.07, 6.45) is 18.7. The molecule has 0 heterocycles. The number of esters is 5. The summed E-state index contributed by atoms with van der Waals surface area (Å²) < 4.78 is 23.4. The molecule has 5 rings (SSSR count). The molecule has 0 aromatic rings. The van der Waals surface area contributed by atoms with E-state index in [0.29, 0.717) is 24.5 Å². The largest absolute Gasteiger partial charge is 0.463 e. The molecule has 4 bridgehead atoms. The van der Waals surface area contributed by atoms with E-state index in [0.717, 1.165) is 30.7 Å². The van der Waals surface area contributed by atoms with Gasteiger partial charge in [0.15, 0.2) is 0 Å². The van der Waals surface area contributed by atoms with Crippen LogP contribution in [0.2, 0.25) is 0 Å². The lowest BCUT2D eigenvalue weighted by molar-refractivity contribution is -0.150. The van der Waals surface area contributed by atoms with Gasteiger partial charge in [0.05, 0.1) is 13.2 Å². The number of hydrogen-bond donors (Lipinski definition) is 0. The number of carbonyl (C=O) groups is 5. The van der Waals surface area contributed by atoms with Crippen LogP contribution in [0.15, 0.2) is 63.3 Å². The molecule has 5 saturated carbocycles. The lowest BCUT2D eigenvalue weighted by Gasteiger charge is -2.38. The van der Waals surface area contributed by atoms with Gasteiger partial charge < -0.3 is 23.7 Å². The Bertz CT molecular complexity index is 1160. The molecule has 5 aliphatic carbocycles. The first-order valence-electron chi connectivity index (χ1n) is 18.2. The van der Waals surface area contributed by atoms with Crippen LogP contribution in [-0.2, 0) is 47.7 Å². The van der Waals surface area contributed by atoms with Crippen molar-refractivity contribution < 1.29 is 47.7 Å². The van der Waals surface area contributed by atoms with E-state index in [1.54, 1.807) is 52.4 Å². The molecule has 5 fully saturated rings. The third-order valence-electron chi connectivity index (χ3n) is 11.3. The quantitative estimate of drug-likeness (QED) is 0.0909. The van der Waals surface area contributed by atoms with Crippen molar-refractivity contribution in [2.24, 2.45) is 40.4 Å². The number of rotatable bonds is 11. The summed E-state index contributed by atoms with van der Waals surface area (Å²) in [4.78, 5) is 52.3. The van der Waals surface area contributed by atoms with Crippen molar-refractivity contribution in [1.29, 1.82) is 0 Å². The lowest BCUT2D eigenvalue weighted by atomic mass is 9.70. The first-order chi connectivity index (χ1) is 24.2. The fourth-order valence-corrected chi connectivity index (χ4v) is 8.32. The van der Waals surface area contributed by atoms with Crippen LogP contribution in [0.5, 0.6) is 0 Å². The van der Waals surface area contributed by atoms with Crippen molar-refractivity contribution in [3.05, 3.63) is 63.3 Å². The Hall–Kier alpha value is -3.95. The van der Waals surface area contributed by atoms with Gasteiger partial charge in [0.2, 0.25) is 0 Å². The monoisotopic (exact) mass is 714 g/mol. The normalized spacial score (nSPS) is 27.5. The Balaban J connectivity index is 0.000000329. The summed E-state index contributed by atoms with van der Waals surface area (Å²) in [5.41, 5.74) is 0.468. The van der Waals surface area contributed by atoms with E-state index in [-0.39, 0.29) is 42.6 Å². The van der Waals surface area contributed by atoms with Crippen LogP contribution in [0.4, 0.5) is 0 Å². The van der Waals surface area contributed by atoms with Gasteiger partial charge >= 0.3 is 29.8 Å². The number of fused-ring (bicyclic) bond motifs is 7. The third kappa shape index (κ3) is 13.6. The van der Waals surface area contributed by atoms with Crippen molar-refractivity contribution in [3.8, 4) is 0 Å². The molecular formula is C41H62O10. The Morgan fingerprint density at radius 2 is 1.00 bits per heavy atom. The molecule has 0 amide bonds. The SMILES string of the molecule is C1CC2C3CCC(C3)C2C1.C=CC(=O)OC1CC2CCC1(C)C2(C)C.C=CC(=O)OCC.C=CC(=O)OCC.C=CC(=O)OCCOC(=O)C=C. The van der Waals surface area contributed by atoms with Crippen molar-refractivity contribution >= 4 is 29.8 Å². The minimum absolute atomic E-state index is 0.0322. The Kier molecular flexibility index (Phi) is 20.1. The average Bonchev–Trinajstić information content (AvgIpc) is 3.94. The summed E-state index contributed by atoms with van der Waals surface area (Å²) in [6.45, 7) is 27.5. The van der Waals surface area contributed by atoms with Crippen molar-refractivity contribution in [2.75, 3.05) is 26.4 Å². The topological polar surface area (TPSA) is 132 Å². The second-order valence-corrected chi connectivity index (χ2v) is 14.0. The molecular weight excluding hydrogens is 652 g/mol. The van der Waals surface area contributed by atoms with Crippen LogP contribution in [0, 0.1) is 40.4 Å². The van der Waals surface area contributed by atoms with Gasteiger partial charge in [-0.15, -0.1) is 0 Å². The van der Waals surface area contributed by atoms with Crippen LogP contribution in [0.1, 0.15) is 92.4 Å². The maximum Gasteiger partial charge on any atom is 0.330 e. The summed E-state index contributed by atoms with van der Waals surface area (Å²) in [5, 5.41) is 0. The Labute approximate surface area is 305 Å². The van der Waals surface area contributed by atoms with Gasteiger partial charge in [-0.1, -0.05) is 60.1 Å². The zero-order valence-corrected chi connectivity index (χ0v) is 31.7. The predicted molar refractivity (Wildman–Crippen MR) is 197 cm³/mol. The molecule has 7 atom stereocenters. The second kappa shape index (κ2) is 22.8. The van der Waals surface area contributed by atoms with E-state index in [2.05, 4.69) is 72.6 Å². The van der Waals surface area contributed by atoms with Gasteiger partial charge in [-0.25, -0.2) is 24.0 Å². The number of ether oxygens (including phenoxy) is 5. The zero-order valence-electron chi connectivity index (χ0n) is 31.7. The molecule has 7 unspecified atom stereocenters. The highest BCUT2D eigenvalue weighted by Crippen LogP contribution is 2.66. The summed E-state index contributed by atoms with van der Waals surface area (Å²) in [7, 11) is 0. The summed E-state index contributed by atoms with van der Waals surface area (Å²) >= 11 is 0. The van der Waals surface area contributed by atoms with E-state index >= 15 is 0 Å². The molecule has 0 aromatic carbocycles. The van der Waals surface area contributed by atoms with Gasteiger partial charge in [0.25, 0.3) is 0 Å². The maximum absolute atomic E-state index is 11.3. The molecule has 5 aliphatic rings. The van der Waals surface area contributed by atoms with Gasteiger partial charge in [-0.2, -0.15) is 0 Å². The van der Waals surface area contributed by atoms with E-state index in [1.165, 1.54) is 42.6 Å². The molecule has 0 aromatic heterocycles. The first-order valence-corrected chi connectivity index (χ1v) is 18.2. The van der Waals surface area contributed by atoms with Crippen LogP contribution in [0.25, 0.3) is 0 Å². The highest BCUT2D eigenvalue weighted by molar-refractivity contribution is 5.82. The molecule has 10 nitrogen and oxygen atoms in total. The van der Waals surface area contributed by atoms with Gasteiger partial charge in [0, 0.05) is 35.8 Å². The maximum atomic E-state index is 11.3. The van der Waals surface area contributed by atoms with E-state index in [4.69, 9.17) is 4.74 Å². The molecule has 0 spiro atoms. The molecule has 10 heteroatoms. The molecule has 286 valence electrons. The number of carbonyl (C=O) groups excluding carboxylic acids is 5. The highest BCUT2D eigenvalue weighted by Gasteiger charge is 2.62. The highest BCUT2D eigenvalue weighted by atomic mass is 16.6. The summed E-state index contributed by atoms with van der Waals surface area (Å²) in [5.74, 6) is 3.45. The molecule has 51 heavy (non-hydrogen) atoms. The van der Waals surface area contributed by atoms with Gasteiger partial charge in [-0.05, 0) is 100 Å². The van der Waals surface area contributed by atoms with Crippen molar-refractivity contribution in [2.45, 2.75) is 98.5 Å². The molecule has 0 saturated heterocycles. The van der Waals surface area contributed by atoms with Crippen LogP contribution in [0.3, 0.4) is 0 Å². The lowest BCUT2D eigenvalue weighted by Crippen LogP contribution is -2.38. The molecule has 0 radical (unpaired) electrons. The fourth-order valence-electron chi connectivity index (χ4n) is 8.32. The minimum Gasteiger partial charge on any atom is -0.463 e. The Morgan fingerprint density at radius 3 is 1.31 bits per heavy atom.